The summed E-state index contributed by atoms with van der Waals surface area (Å²) in [7, 11) is 0. The van der Waals surface area contributed by atoms with Crippen LogP contribution in [0.5, 0.6) is 11.5 Å². The second kappa shape index (κ2) is 9.79. The van der Waals surface area contributed by atoms with Gasteiger partial charge >= 0.3 is 0 Å². The maximum absolute atomic E-state index is 13.1. The predicted octanol–water partition coefficient (Wildman–Crippen LogP) is 6.13. The molecular formula is C28H28BrNO4. The highest BCUT2D eigenvalue weighted by Gasteiger charge is 2.40. The van der Waals surface area contributed by atoms with E-state index in [4.69, 9.17) is 9.47 Å². The molecule has 176 valence electrons. The summed E-state index contributed by atoms with van der Waals surface area (Å²) in [6.07, 6.45) is 4.43. The molecule has 1 heterocycles. The number of Topliss-reactive ketones (excluding diaryl/α,β-unsaturated/α-hetero) is 2. The largest absolute Gasteiger partial charge is 0.490 e. The zero-order chi connectivity index (χ0) is 23.7. The Bertz CT molecular complexity index is 1170. The van der Waals surface area contributed by atoms with E-state index in [2.05, 4.69) is 21.2 Å². The van der Waals surface area contributed by atoms with Gasteiger partial charge in [-0.05, 0) is 56.4 Å². The summed E-state index contributed by atoms with van der Waals surface area (Å²) in [5, 5.41) is 3.47. The molecule has 0 spiro atoms. The number of ether oxygens (including phenoxy) is 2. The first-order valence-corrected chi connectivity index (χ1v) is 12.8. The Labute approximate surface area is 208 Å². The lowest BCUT2D eigenvalue weighted by atomic mass is 9.71. The van der Waals surface area contributed by atoms with Crippen LogP contribution in [-0.2, 0) is 16.2 Å². The maximum atomic E-state index is 13.1. The molecule has 0 atom stereocenters. The minimum atomic E-state index is -0.344. The average Bonchev–Trinajstić information content (AvgIpc) is 2.83. The van der Waals surface area contributed by atoms with Gasteiger partial charge in [0, 0.05) is 51.3 Å². The van der Waals surface area contributed by atoms with E-state index >= 15 is 0 Å². The number of benzene rings is 2. The minimum Gasteiger partial charge on any atom is -0.490 e. The molecule has 6 heteroatoms. The molecule has 2 aromatic carbocycles. The fourth-order valence-corrected chi connectivity index (χ4v) is 5.58. The van der Waals surface area contributed by atoms with Crippen molar-refractivity contribution in [3.63, 3.8) is 0 Å². The molecule has 2 aliphatic carbocycles. The van der Waals surface area contributed by atoms with Crippen molar-refractivity contribution in [2.24, 2.45) is 0 Å². The van der Waals surface area contributed by atoms with Gasteiger partial charge < -0.3 is 14.8 Å². The van der Waals surface area contributed by atoms with Gasteiger partial charge in [0.2, 0.25) is 0 Å². The Morgan fingerprint density at radius 1 is 0.882 bits per heavy atom. The molecule has 0 fully saturated rings. The van der Waals surface area contributed by atoms with Gasteiger partial charge in [0.15, 0.2) is 23.1 Å². The summed E-state index contributed by atoms with van der Waals surface area (Å²) in [6, 6.07) is 13.8. The lowest BCUT2D eigenvalue weighted by Crippen LogP contribution is -2.36. The number of dihydropyridines is 1. The highest BCUT2D eigenvalue weighted by molar-refractivity contribution is 9.10. The number of halogens is 1. The van der Waals surface area contributed by atoms with Crippen molar-refractivity contribution in [3.05, 3.63) is 80.6 Å². The van der Waals surface area contributed by atoms with E-state index in [0.717, 1.165) is 63.8 Å². The highest BCUT2D eigenvalue weighted by atomic mass is 79.9. The number of carbonyl (C=O) groups excluding carboxylic acids is 2. The molecule has 5 rings (SSSR count). The number of hydrogen-bond acceptors (Lipinski definition) is 5. The van der Waals surface area contributed by atoms with Crippen LogP contribution in [0.25, 0.3) is 0 Å². The van der Waals surface area contributed by atoms with E-state index < -0.39 is 0 Å². The molecule has 1 N–H and O–H groups in total. The number of ketones is 2. The van der Waals surface area contributed by atoms with Crippen molar-refractivity contribution in [1.82, 2.24) is 5.32 Å². The summed E-state index contributed by atoms with van der Waals surface area (Å²) in [5.74, 6) is 1.19. The van der Waals surface area contributed by atoms with E-state index in [9.17, 15) is 9.59 Å². The quantitative estimate of drug-likeness (QED) is 0.495. The SMILES string of the molecule is CCOc1cc(C2C3=C(CCCC3=O)NC3=C2C(=O)CCC3)ccc1OCc1ccccc1Br. The van der Waals surface area contributed by atoms with Crippen molar-refractivity contribution in [2.75, 3.05) is 6.61 Å². The van der Waals surface area contributed by atoms with Crippen molar-refractivity contribution in [2.45, 2.75) is 58.0 Å². The van der Waals surface area contributed by atoms with Crippen LogP contribution >= 0.6 is 15.9 Å². The van der Waals surface area contributed by atoms with Crippen molar-refractivity contribution >= 4 is 27.5 Å². The molecule has 2 aromatic rings. The molecular weight excluding hydrogens is 494 g/mol. The summed E-state index contributed by atoms with van der Waals surface area (Å²) >= 11 is 3.57. The maximum Gasteiger partial charge on any atom is 0.161 e. The summed E-state index contributed by atoms with van der Waals surface area (Å²) < 4.78 is 13.1. The van der Waals surface area contributed by atoms with Gasteiger partial charge in [-0.25, -0.2) is 0 Å². The highest BCUT2D eigenvalue weighted by Crippen LogP contribution is 2.46. The lowest BCUT2D eigenvalue weighted by molar-refractivity contribution is -0.116. The number of nitrogens with one attached hydrogen (secondary N) is 1. The van der Waals surface area contributed by atoms with Gasteiger partial charge in [0.05, 0.1) is 6.61 Å². The van der Waals surface area contributed by atoms with Gasteiger partial charge in [-0.15, -0.1) is 0 Å². The first-order chi connectivity index (χ1) is 16.6. The molecule has 0 bridgehead atoms. The van der Waals surface area contributed by atoms with E-state index in [0.29, 0.717) is 37.6 Å². The molecule has 1 aliphatic heterocycles. The Morgan fingerprint density at radius 3 is 2.21 bits per heavy atom. The molecule has 0 amide bonds. The minimum absolute atomic E-state index is 0.135. The molecule has 5 nitrogen and oxygen atoms in total. The van der Waals surface area contributed by atoms with Gasteiger partial charge in [-0.2, -0.15) is 0 Å². The summed E-state index contributed by atoms with van der Waals surface area (Å²) in [6.45, 7) is 2.82. The third-order valence-electron chi connectivity index (χ3n) is 6.73. The number of allylic oxidation sites excluding steroid dienone is 4. The van der Waals surface area contributed by atoms with Gasteiger partial charge in [0.1, 0.15) is 6.61 Å². The molecule has 34 heavy (non-hydrogen) atoms. The molecule has 0 radical (unpaired) electrons. The van der Waals surface area contributed by atoms with Crippen LogP contribution in [0.3, 0.4) is 0 Å². The third kappa shape index (κ3) is 4.31. The normalized spacial score (nSPS) is 18.4. The van der Waals surface area contributed by atoms with Crippen LogP contribution in [0.15, 0.2) is 69.5 Å². The second-order valence-corrected chi connectivity index (χ2v) is 9.77. The Hall–Kier alpha value is -2.86. The topological polar surface area (TPSA) is 64.6 Å². The third-order valence-corrected chi connectivity index (χ3v) is 7.51. The van der Waals surface area contributed by atoms with E-state index in [1.807, 2.05) is 49.4 Å². The molecule has 3 aliphatic rings. The number of rotatable bonds is 6. The van der Waals surface area contributed by atoms with Crippen molar-refractivity contribution in [1.29, 1.82) is 0 Å². The summed E-state index contributed by atoms with van der Waals surface area (Å²) in [4.78, 5) is 26.1. The van der Waals surface area contributed by atoms with Crippen LogP contribution in [0.1, 0.15) is 62.5 Å². The standard InChI is InChI=1S/C28H28BrNO4/c1-2-33-25-15-17(13-14-24(25)34-16-18-7-3-4-8-19(18)29)26-27-20(9-5-11-22(27)31)30-21-10-6-12-23(32)28(21)26/h3-4,7-8,13-15,26,30H,2,5-6,9-12,16H2,1H3. The van der Waals surface area contributed by atoms with Gasteiger partial charge in [-0.3, -0.25) is 9.59 Å². The number of carbonyl (C=O) groups is 2. The van der Waals surface area contributed by atoms with E-state index in [-0.39, 0.29) is 17.5 Å². The van der Waals surface area contributed by atoms with Crippen LogP contribution in [0, 0.1) is 0 Å². The first-order valence-electron chi connectivity index (χ1n) is 12.0. The van der Waals surface area contributed by atoms with Crippen LogP contribution in [0.2, 0.25) is 0 Å². The van der Waals surface area contributed by atoms with Gasteiger partial charge in [0.25, 0.3) is 0 Å². The van der Waals surface area contributed by atoms with Gasteiger partial charge in [-0.1, -0.05) is 40.2 Å². The molecule has 0 aromatic heterocycles. The first kappa shape index (κ1) is 22.9. The van der Waals surface area contributed by atoms with Crippen LogP contribution < -0.4 is 14.8 Å². The molecule has 0 saturated heterocycles. The zero-order valence-electron chi connectivity index (χ0n) is 19.3. The molecule has 0 unspecified atom stereocenters. The van der Waals surface area contributed by atoms with Crippen molar-refractivity contribution in [3.8, 4) is 11.5 Å². The Morgan fingerprint density at radius 2 is 1.56 bits per heavy atom. The van der Waals surface area contributed by atoms with Crippen LogP contribution in [0.4, 0.5) is 0 Å². The van der Waals surface area contributed by atoms with Crippen LogP contribution in [-0.4, -0.2) is 18.2 Å². The predicted molar refractivity (Wildman–Crippen MR) is 134 cm³/mol. The zero-order valence-corrected chi connectivity index (χ0v) is 20.9. The lowest BCUT2D eigenvalue weighted by Gasteiger charge is -2.37. The smallest absolute Gasteiger partial charge is 0.161 e. The van der Waals surface area contributed by atoms with Crippen molar-refractivity contribution < 1.29 is 19.1 Å². The fraction of sp³-hybridized carbons (Fsp3) is 0.357. The average molecular weight is 522 g/mol. The number of hydrogen-bond donors (Lipinski definition) is 1. The molecule has 0 saturated carbocycles. The Balaban J connectivity index is 1.53. The Kier molecular flexibility index (Phi) is 6.59. The second-order valence-electron chi connectivity index (χ2n) is 8.92. The van der Waals surface area contributed by atoms with E-state index in [1.165, 1.54) is 0 Å². The monoisotopic (exact) mass is 521 g/mol. The summed E-state index contributed by atoms with van der Waals surface area (Å²) in [5.41, 5.74) is 5.43. The fourth-order valence-electron chi connectivity index (χ4n) is 5.18. The van der Waals surface area contributed by atoms with E-state index in [1.54, 1.807) is 0 Å².